The van der Waals surface area contributed by atoms with Gasteiger partial charge in [0.2, 0.25) is 0 Å². The summed E-state index contributed by atoms with van der Waals surface area (Å²) in [7, 11) is 0. The van der Waals surface area contributed by atoms with Gasteiger partial charge in [-0.15, -0.1) is 0 Å². The Balaban J connectivity index is 2.15. The molecule has 1 fully saturated rings. The summed E-state index contributed by atoms with van der Waals surface area (Å²) in [6.45, 7) is 0.0752. The van der Waals surface area contributed by atoms with Gasteiger partial charge in [0.1, 0.15) is 0 Å². The van der Waals surface area contributed by atoms with E-state index in [0.717, 1.165) is 0 Å². The van der Waals surface area contributed by atoms with Crippen LogP contribution in [0.25, 0.3) is 0 Å². The zero-order valence-electron chi connectivity index (χ0n) is 11.6. The summed E-state index contributed by atoms with van der Waals surface area (Å²) in [5.41, 5.74) is 0.622. The first kappa shape index (κ1) is 7.04. The van der Waals surface area contributed by atoms with Crippen LogP contribution >= 0.6 is 0 Å². The third-order valence-electron chi connectivity index (χ3n) is 2.94. The minimum atomic E-state index is -2.23. The Kier molecular flexibility index (Phi) is 1.90. The lowest BCUT2D eigenvalue weighted by Crippen LogP contribution is -2.18. The average Bonchev–Trinajstić information content (AvgIpc) is 2.85. The molecule has 0 spiro atoms. The lowest BCUT2D eigenvalue weighted by Gasteiger charge is -2.12. The topological polar surface area (TPSA) is 44.1 Å². The number of imidazole rings is 1. The molecule has 0 unspecified atom stereocenters. The van der Waals surface area contributed by atoms with E-state index < -0.39 is 6.98 Å². The molecule has 0 aliphatic carbocycles. The van der Waals surface area contributed by atoms with Gasteiger partial charge >= 0.3 is 5.97 Å². The molecule has 0 amide bonds. The Bertz CT molecular complexity index is 442. The predicted octanol–water partition coefficient (Wildman–Crippen LogP) is 1.16. The van der Waals surface area contributed by atoms with Crippen LogP contribution in [0.4, 0.5) is 0 Å². The molecule has 0 bridgehead atoms. The molecule has 0 aromatic carbocycles. The fourth-order valence-electron chi connectivity index (χ4n) is 2.05. The van der Waals surface area contributed by atoms with Gasteiger partial charge in [-0.2, -0.15) is 0 Å². The van der Waals surface area contributed by atoms with E-state index in [0.29, 0.717) is 25.1 Å². The maximum Gasteiger partial charge on any atom is 0.309 e. The lowest BCUT2D eigenvalue weighted by molar-refractivity contribution is -0.141. The molecule has 1 saturated heterocycles. The van der Waals surface area contributed by atoms with Crippen molar-refractivity contribution in [3.8, 4) is 0 Å². The Labute approximate surface area is 93.5 Å². The predicted molar refractivity (Wildman–Crippen MR) is 55.1 cm³/mol. The molecule has 4 heteroatoms. The number of nitrogens with zero attached hydrogens (tertiary/aromatic N) is 2. The van der Waals surface area contributed by atoms with Crippen molar-refractivity contribution >= 4 is 5.97 Å². The van der Waals surface area contributed by atoms with Crippen molar-refractivity contribution in [2.75, 3.05) is 6.61 Å². The number of carbonyl (C=O) groups is 1. The molecule has 2 rings (SSSR count). The summed E-state index contributed by atoms with van der Waals surface area (Å²) in [6.07, 6.45) is 4.07. The van der Waals surface area contributed by atoms with E-state index in [4.69, 9.17) is 8.85 Å². The van der Waals surface area contributed by atoms with Crippen LogP contribution in [0.3, 0.4) is 0 Å². The summed E-state index contributed by atoms with van der Waals surface area (Å²) in [5, 5.41) is 0. The first-order chi connectivity index (χ1) is 8.43. The van der Waals surface area contributed by atoms with Gasteiger partial charge in [0.15, 0.2) is 0 Å². The molecule has 2 heterocycles. The summed E-state index contributed by atoms with van der Waals surface area (Å²) < 4.78 is 28.4. The molecule has 2 atom stereocenters. The van der Waals surface area contributed by atoms with E-state index in [1.54, 1.807) is 6.20 Å². The van der Waals surface area contributed by atoms with Crippen molar-refractivity contribution in [2.24, 2.45) is 18.8 Å². The number of esters is 1. The number of carbonyl (C=O) groups excluding carboxylic acids is 1. The highest BCUT2D eigenvalue weighted by Crippen LogP contribution is 2.27. The lowest BCUT2D eigenvalue weighted by atomic mass is 9.89. The van der Waals surface area contributed by atoms with Crippen molar-refractivity contribution in [3.63, 3.8) is 0 Å². The Morgan fingerprint density at radius 1 is 1.80 bits per heavy atom. The highest BCUT2D eigenvalue weighted by molar-refractivity contribution is 5.74. The Morgan fingerprint density at radius 3 is 3.40 bits per heavy atom. The molecular formula is C11H16N2O2. The van der Waals surface area contributed by atoms with Crippen LogP contribution in [0.5, 0.6) is 0 Å². The first-order valence-electron chi connectivity index (χ1n) is 6.61. The fraction of sp³-hybridized carbons (Fsp3) is 0.636. The van der Waals surface area contributed by atoms with Crippen molar-refractivity contribution in [1.82, 2.24) is 9.55 Å². The van der Waals surface area contributed by atoms with E-state index >= 15 is 0 Å². The van der Waals surface area contributed by atoms with E-state index in [-0.39, 0.29) is 17.8 Å². The van der Waals surface area contributed by atoms with Crippen LogP contribution in [-0.2, 0) is 22.9 Å². The second-order valence-corrected chi connectivity index (χ2v) is 3.86. The summed E-state index contributed by atoms with van der Waals surface area (Å²) in [6, 6.07) is 0. The van der Waals surface area contributed by atoms with Crippen molar-refractivity contribution in [1.29, 1.82) is 0 Å². The number of cyclic esters (lactones) is 1. The minimum absolute atomic E-state index is 0.0419. The van der Waals surface area contributed by atoms with Gasteiger partial charge in [-0.25, -0.2) is 4.98 Å². The SMILES string of the molecule is [2H]C([2H])([2H])n1cncc1C[C@H]1COC(=O)[C@H]1CC. The zero-order valence-corrected chi connectivity index (χ0v) is 8.64. The molecule has 82 valence electrons. The smallest absolute Gasteiger partial charge is 0.309 e. The van der Waals surface area contributed by atoms with E-state index in [9.17, 15) is 4.79 Å². The first-order valence-corrected chi connectivity index (χ1v) is 5.11. The van der Waals surface area contributed by atoms with Crippen LogP contribution in [0, 0.1) is 11.8 Å². The van der Waals surface area contributed by atoms with Gasteiger partial charge < -0.3 is 9.30 Å². The number of hydrogen-bond donors (Lipinski definition) is 0. The third kappa shape index (κ3) is 1.89. The number of hydrogen-bond acceptors (Lipinski definition) is 3. The molecule has 4 nitrogen and oxygen atoms in total. The average molecular weight is 211 g/mol. The minimum Gasteiger partial charge on any atom is -0.465 e. The molecule has 15 heavy (non-hydrogen) atoms. The standard InChI is InChI=1S/C11H16N2O2/c1-3-10-8(6-15-11(10)14)4-9-5-12-7-13(9)2/h5,7-8,10H,3-4,6H2,1-2H3/t8-,10-/m0/s1/i2D3. The molecular weight excluding hydrogens is 192 g/mol. The quantitative estimate of drug-likeness (QED) is 0.705. The molecule has 1 aromatic rings. The monoisotopic (exact) mass is 211 g/mol. The van der Waals surface area contributed by atoms with E-state index in [2.05, 4.69) is 4.98 Å². The summed E-state index contributed by atoms with van der Waals surface area (Å²) in [5.74, 6) is -0.271. The normalized spacial score (nSPS) is 29.4. The van der Waals surface area contributed by atoms with Crippen LogP contribution in [-0.4, -0.2) is 22.1 Å². The maximum absolute atomic E-state index is 11.5. The second kappa shape index (κ2) is 4.04. The molecule has 1 aliphatic rings. The van der Waals surface area contributed by atoms with E-state index in [1.807, 2.05) is 6.92 Å². The van der Waals surface area contributed by atoms with Gasteiger partial charge in [-0.1, -0.05) is 6.92 Å². The van der Waals surface area contributed by atoms with Crippen LogP contribution < -0.4 is 0 Å². The largest absolute Gasteiger partial charge is 0.465 e. The van der Waals surface area contributed by atoms with Gasteiger partial charge in [-0.3, -0.25) is 4.79 Å². The fourth-order valence-corrected chi connectivity index (χ4v) is 2.05. The molecule has 1 aromatic heterocycles. The van der Waals surface area contributed by atoms with E-state index in [1.165, 1.54) is 10.9 Å². The van der Waals surface area contributed by atoms with Gasteiger partial charge in [0, 0.05) is 28.9 Å². The van der Waals surface area contributed by atoms with Crippen LogP contribution in [0.2, 0.25) is 0 Å². The summed E-state index contributed by atoms with van der Waals surface area (Å²) >= 11 is 0. The molecule has 0 radical (unpaired) electrons. The van der Waals surface area contributed by atoms with Crippen LogP contribution in [0.15, 0.2) is 12.5 Å². The zero-order chi connectivity index (χ0) is 13.3. The van der Waals surface area contributed by atoms with Crippen molar-refractivity contribution in [3.05, 3.63) is 18.2 Å². The third-order valence-corrected chi connectivity index (χ3v) is 2.94. The van der Waals surface area contributed by atoms with Crippen molar-refractivity contribution in [2.45, 2.75) is 19.8 Å². The number of aryl methyl sites for hydroxylation is 1. The summed E-state index contributed by atoms with van der Waals surface area (Å²) in [4.78, 5) is 15.3. The Morgan fingerprint density at radius 2 is 2.67 bits per heavy atom. The number of ether oxygens (including phenoxy) is 1. The molecule has 0 saturated carbocycles. The second-order valence-electron chi connectivity index (χ2n) is 3.86. The van der Waals surface area contributed by atoms with Crippen LogP contribution in [0.1, 0.15) is 23.2 Å². The van der Waals surface area contributed by atoms with Gasteiger partial charge in [0.05, 0.1) is 18.9 Å². The molecule has 0 N–H and O–H groups in total. The van der Waals surface area contributed by atoms with Gasteiger partial charge in [0.25, 0.3) is 0 Å². The maximum atomic E-state index is 11.5. The highest BCUT2D eigenvalue weighted by atomic mass is 16.5. The highest BCUT2D eigenvalue weighted by Gasteiger charge is 2.35. The van der Waals surface area contributed by atoms with Crippen molar-refractivity contribution < 1.29 is 13.6 Å². The number of aromatic nitrogens is 2. The molecule has 1 aliphatic heterocycles. The number of rotatable bonds is 3. The van der Waals surface area contributed by atoms with Gasteiger partial charge in [-0.05, 0) is 12.8 Å². The Hall–Kier alpha value is -1.32.